The minimum absolute atomic E-state index is 0.0393. The van der Waals surface area contributed by atoms with E-state index in [1.165, 1.54) is 22.2 Å². The maximum atomic E-state index is 12.8. The Bertz CT molecular complexity index is 1190. The summed E-state index contributed by atoms with van der Waals surface area (Å²) in [6.45, 7) is 0. The highest BCUT2D eigenvalue weighted by Gasteiger charge is 2.22. The Labute approximate surface area is 163 Å². The Hall–Kier alpha value is -2.45. The lowest BCUT2D eigenvalue weighted by molar-refractivity contribution is 0.391. The predicted octanol–water partition coefficient (Wildman–Crippen LogP) is 3.83. The van der Waals surface area contributed by atoms with Crippen LogP contribution in [0.2, 0.25) is 0 Å². The molecule has 8 heteroatoms. The topological polar surface area (TPSA) is 73.8 Å². The molecule has 4 aromatic rings. The first-order chi connectivity index (χ1) is 13.2. The summed E-state index contributed by atoms with van der Waals surface area (Å²) in [5.74, 6) is 1.55. The van der Waals surface area contributed by atoms with Crippen molar-refractivity contribution in [3.05, 3.63) is 57.0 Å². The molecule has 0 saturated heterocycles. The summed E-state index contributed by atoms with van der Waals surface area (Å²) in [5, 5.41) is 5.52. The van der Waals surface area contributed by atoms with Gasteiger partial charge in [0.15, 0.2) is 5.16 Å². The Balaban J connectivity index is 1.42. The molecule has 0 bridgehead atoms. The maximum Gasteiger partial charge on any atom is 0.262 e. The third-order valence-corrected chi connectivity index (χ3v) is 6.93. The molecule has 0 aliphatic heterocycles. The number of hydrogen-bond acceptors (Lipinski definition) is 7. The van der Waals surface area contributed by atoms with Gasteiger partial charge in [0.25, 0.3) is 5.56 Å². The van der Waals surface area contributed by atoms with Crippen LogP contribution in [-0.4, -0.2) is 19.7 Å². The Morgan fingerprint density at radius 2 is 2.07 bits per heavy atom. The second kappa shape index (κ2) is 6.61. The minimum atomic E-state index is 0.0393. The van der Waals surface area contributed by atoms with Gasteiger partial charge in [-0.25, -0.2) is 4.98 Å². The molecule has 136 valence electrons. The molecule has 1 aromatic carbocycles. The van der Waals surface area contributed by atoms with Crippen LogP contribution in [0.5, 0.6) is 0 Å². The number of nitrogens with zero attached hydrogens (tertiary/aromatic N) is 4. The molecule has 5 rings (SSSR count). The van der Waals surface area contributed by atoms with E-state index in [2.05, 4.69) is 10.1 Å². The van der Waals surface area contributed by atoms with E-state index < -0.39 is 0 Å². The van der Waals surface area contributed by atoms with Crippen LogP contribution in [0.1, 0.15) is 22.8 Å². The smallest absolute Gasteiger partial charge is 0.262 e. The molecule has 1 aliphatic rings. The second-order valence-corrected chi connectivity index (χ2v) is 8.49. The lowest BCUT2D eigenvalue weighted by Gasteiger charge is -2.06. The average molecular weight is 396 g/mol. The summed E-state index contributed by atoms with van der Waals surface area (Å²) in [4.78, 5) is 24.2. The first kappa shape index (κ1) is 16.7. The molecule has 3 aromatic heterocycles. The molecular formula is C19H16N4O2S2. The lowest BCUT2D eigenvalue weighted by Crippen LogP contribution is -2.20. The Morgan fingerprint density at radius 1 is 1.22 bits per heavy atom. The van der Waals surface area contributed by atoms with E-state index in [1.54, 1.807) is 23.0 Å². The van der Waals surface area contributed by atoms with Crippen LogP contribution in [0, 0.1) is 0 Å². The largest absolute Gasteiger partial charge is 0.338 e. The van der Waals surface area contributed by atoms with E-state index in [-0.39, 0.29) is 5.56 Å². The number of thioether (sulfide) groups is 1. The molecule has 0 radical (unpaired) electrons. The van der Waals surface area contributed by atoms with Gasteiger partial charge in [0.2, 0.25) is 11.7 Å². The molecule has 27 heavy (non-hydrogen) atoms. The first-order valence-electron chi connectivity index (χ1n) is 8.73. The molecule has 0 unspecified atom stereocenters. The zero-order valence-corrected chi connectivity index (χ0v) is 16.3. The summed E-state index contributed by atoms with van der Waals surface area (Å²) in [5.41, 5.74) is 2.17. The fourth-order valence-corrected chi connectivity index (χ4v) is 5.49. The van der Waals surface area contributed by atoms with Crippen molar-refractivity contribution in [2.45, 2.75) is 30.2 Å². The molecule has 0 N–H and O–H groups in total. The van der Waals surface area contributed by atoms with Crippen molar-refractivity contribution in [3.63, 3.8) is 0 Å². The van der Waals surface area contributed by atoms with Gasteiger partial charge in [-0.2, -0.15) is 4.98 Å². The highest BCUT2D eigenvalue weighted by molar-refractivity contribution is 7.98. The molecule has 0 atom stereocenters. The lowest BCUT2D eigenvalue weighted by atomic mass is 10.2. The van der Waals surface area contributed by atoms with Gasteiger partial charge in [0.1, 0.15) is 4.83 Å². The van der Waals surface area contributed by atoms with Crippen molar-refractivity contribution >= 4 is 33.3 Å². The van der Waals surface area contributed by atoms with Crippen molar-refractivity contribution in [1.29, 1.82) is 0 Å². The first-order valence-corrected chi connectivity index (χ1v) is 10.5. The fraction of sp³-hybridized carbons (Fsp3) is 0.263. The van der Waals surface area contributed by atoms with E-state index in [0.29, 0.717) is 22.6 Å². The highest BCUT2D eigenvalue weighted by atomic mass is 32.2. The number of rotatable bonds is 4. The van der Waals surface area contributed by atoms with Crippen LogP contribution in [0.25, 0.3) is 21.6 Å². The molecular weight excluding hydrogens is 380 g/mol. The molecule has 1 aliphatic carbocycles. The molecule has 6 nitrogen and oxygen atoms in total. The SMILES string of the molecule is Cn1c(SCc2nc(-c3ccccc3)no2)nc2sc3c(c2c1=O)CCC3. The van der Waals surface area contributed by atoms with Crippen LogP contribution >= 0.6 is 23.1 Å². The second-order valence-electron chi connectivity index (χ2n) is 6.46. The Morgan fingerprint density at radius 3 is 2.93 bits per heavy atom. The number of aromatic nitrogens is 4. The van der Waals surface area contributed by atoms with Gasteiger partial charge in [-0.15, -0.1) is 11.3 Å². The number of aryl methyl sites for hydroxylation is 2. The minimum Gasteiger partial charge on any atom is -0.338 e. The Kier molecular flexibility index (Phi) is 4.09. The van der Waals surface area contributed by atoms with Gasteiger partial charge in [-0.05, 0) is 24.8 Å². The van der Waals surface area contributed by atoms with Crippen molar-refractivity contribution in [2.75, 3.05) is 0 Å². The normalized spacial score (nSPS) is 13.4. The summed E-state index contributed by atoms with van der Waals surface area (Å²) in [6.07, 6.45) is 3.19. The average Bonchev–Trinajstić information content (AvgIpc) is 3.40. The number of hydrogen-bond donors (Lipinski definition) is 0. The highest BCUT2D eigenvalue weighted by Crippen LogP contribution is 2.35. The van der Waals surface area contributed by atoms with Gasteiger partial charge in [0.05, 0.1) is 11.1 Å². The van der Waals surface area contributed by atoms with Crippen LogP contribution in [0.3, 0.4) is 0 Å². The van der Waals surface area contributed by atoms with Gasteiger partial charge in [0, 0.05) is 17.5 Å². The third-order valence-electron chi connectivity index (χ3n) is 4.73. The van der Waals surface area contributed by atoms with Crippen LogP contribution < -0.4 is 5.56 Å². The zero-order valence-electron chi connectivity index (χ0n) is 14.6. The van der Waals surface area contributed by atoms with Crippen LogP contribution in [0.4, 0.5) is 0 Å². The zero-order chi connectivity index (χ0) is 18.4. The van der Waals surface area contributed by atoms with E-state index in [0.717, 1.165) is 35.0 Å². The van der Waals surface area contributed by atoms with Crippen molar-refractivity contribution in [1.82, 2.24) is 19.7 Å². The van der Waals surface area contributed by atoms with E-state index >= 15 is 0 Å². The van der Waals surface area contributed by atoms with E-state index in [1.807, 2.05) is 30.3 Å². The van der Waals surface area contributed by atoms with Crippen molar-refractivity contribution < 1.29 is 4.52 Å². The summed E-state index contributed by atoms with van der Waals surface area (Å²) >= 11 is 3.10. The standard InChI is InChI=1S/C19H16N4O2S2/c1-23-18(24)15-12-8-5-9-13(12)27-17(15)21-19(23)26-10-14-20-16(22-25-14)11-6-3-2-4-7-11/h2-4,6-7H,5,8-10H2,1H3. The van der Waals surface area contributed by atoms with Gasteiger partial charge in [-0.1, -0.05) is 47.3 Å². The summed E-state index contributed by atoms with van der Waals surface area (Å²) in [6, 6.07) is 9.71. The quantitative estimate of drug-likeness (QED) is 0.386. The number of fused-ring (bicyclic) bond motifs is 3. The molecule has 0 fully saturated rings. The maximum absolute atomic E-state index is 12.8. The van der Waals surface area contributed by atoms with Crippen molar-refractivity contribution in [2.24, 2.45) is 7.05 Å². The third kappa shape index (κ3) is 2.89. The van der Waals surface area contributed by atoms with Crippen LogP contribution in [0.15, 0.2) is 44.8 Å². The van der Waals surface area contributed by atoms with Crippen LogP contribution in [-0.2, 0) is 25.6 Å². The predicted molar refractivity (Wildman–Crippen MR) is 106 cm³/mol. The molecule has 0 amide bonds. The molecule has 0 saturated carbocycles. The molecule has 0 spiro atoms. The van der Waals surface area contributed by atoms with Gasteiger partial charge in [-0.3, -0.25) is 9.36 Å². The monoisotopic (exact) mass is 396 g/mol. The summed E-state index contributed by atoms with van der Waals surface area (Å²) in [7, 11) is 1.78. The van der Waals surface area contributed by atoms with E-state index in [4.69, 9.17) is 9.51 Å². The van der Waals surface area contributed by atoms with E-state index in [9.17, 15) is 4.79 Å². The molecule has 3 heterocycles. The number of thiophene rings is 1. The van der Waals surface area contributed by atoms with Gasteiger partial charge < -0.3 is 4.52 Å². The van der Waals surface area contributed by atoms with Crippen molar-refractivity contribution in [3.8, 4) is 11.4 Å². The van der Waals surface area contributed by atoms with Gasteiger partial charge >= 0.3 is 0 Å². The number of benzene rings is 1. The fourth-order valence-electron chi connectivity index (χ4n) is 3.38. The summed E-state index contributed by atoms with van der Waals surface area (Å²) < 4.78 is 6.99.